The maximum absolute atomic E-state index is 4.28. The second-order valence-electron chi connectivity index (χ2n) is 2.82. The third-order valence-electron chi connectivity index (χ3n) is 1.82. The summed E-state index contributed by atoms with van der Waals surface area (Å²) < 4.78 is 0.951. The molecule has 0 spiro atoms. The van der Waals surface area contributed by atoms with Gasteiger partial charge in [0, 0.05) is 17.1 Å². The molecule has 0 unspecified atom stereocenters. The van der Waals surface area contributed by atoms with E-state index in [4.69, 9.17) is 0 Å². The Morgan fingerprint density at radius 1 is 1.43 bits per heavy atom. The van der Waals surface area contributed by atoms with Gasteiger partial charge in [-0.25, -0.2) is 4.98 Å². The lowest BCUT2D eigenvalue weighted by atomic mass is 10.3. The van der Waals surface area contributed by atoms with E-state index < -0.39 is 0 Å². The largest absolute Gasteiger partial charge is 0.263 e. The highest BCUT2D eigenvalue weighted by molar-refractivity contribution is 9.10. The fraction of sp³-hybridized carbons (Fsp3) is 0.222. The zero-order valence-corrected chi connectivity index (χ0v) is 9.24. The molecule has 0 bridgehead atoms. The first-order chi connectivity index (χ1) is 6.79. The number of pyridine rings is 1. The maximum atomic E-state index is 4.28. The van der Waals surface area contributed by atoms with Crippen molar-refractivity contribution < 1.29 is 0 Å². The molecular weight excluding hydrogens is 244 g/mol. The van der Waals surface area contributed by atoms with Crippen LogP contribution in [0.1, 0.15) is 12.7 Å². The average molecular weight is 253 g/mol. The Morgan fingerprint density at radius 3 is 2.86 bits per heavy atom. The van der Waals surface area contributed by atoms with Gasteiger partial charge < -0.3 is 0 Å². The molecule has 2 heterocycles. The van der Waals surface area contributed by atoms with Crippen molar-refractivity contribution in [1.82, 2.24) is 20.2 Å². The molecule has 0 aliphatic carbocycles. The van der Waals surface area contributed by atoms with Gasteiger partial charge in [-0.1, -0.05) is 6.92 Å². The number of nitrogens with one attached hydrogen (secondary N) is 1. The highest BCUT2D eigenvalue weighted by atomic mass is 79.9. The number of rotatable bonds is 2. The van der Waals surface area contributed by atoms with Crippen molar-refractivity contribution in [3.63, 3.8) is 0 Å². The van der Waals surface area contributed by atoms with Crippen molar-refractivity contribution in [2.24, 2.45) is 0 Å². The van der Waals surface area contributed by atoms with E-state index in [-0.39, 0.29) is 0 Å². The fourth-order valence-electron chi connectivity index (χ4n) is 1.08. The SMILES string of the molecule is CCc1nc(-c2ccc(Br)cn2)n[nH]1. The van der Waals surface area contributed by atoms with Crippen molar-refractivity contribution in [2.45, 2.75) is 13.3 Å². The molecule has 0 aliphatic rings. The van der Waals surface area contributed by atoms with Crippen molar-refractivity contribution >= 4 is 15.9 Å². The molecule has 0 fully saturated rings. The van der Waals surface area contributed by atoms with Crippen LogP contribution in [0.5, 0.6) is 0 Å². The summed E-state index contributed by atoms with van der Waals surface area (Å²) in [6, 6.07) is 3.80. The lowest BCUT2D eigenvalue weighted by molar-refractivity contribution is 0.946. The summed E-state index contributed by atoms with van der Waals surface area (Å²) in [5.41, 5.74) is 0.782. The number of halogens is 1. The Labute approximate surface area is 89.9 Å². The molecule has 5 heteroatoms. The summed E-state index contributed by atoms with van der Waals surface area (Å²) in [5, 5.41) is 6.93. The minimum absolute atomic E-state index is 0.648. The third-order valence-corrected chi connectivity index (χ3v) is 2.29. The molecule has 0 aromatic carbocycles. The van der Waals surface area contributed by atoms with E-state index in [9.17, 15) is 0 Å². The van der Waals surface area contributed by atoms with Gasteiger partial charge in [0.1, 0.15) is 11.5 Å². The van der Waals surface area contributed by atoms with Crippen LogP contribution in [-0.2, 0) is 6.42 Å². The number of hydrogen-bond acceptors (Lipinski definition) is 3. The van der Waals surface area contributed by atoms with Crippen LogP contribution in [0, 0.1) is 0 Å². The van der Waals surface area contributed by atoms with Crippen molar-refractivity contribution in [3.8, 4) is 11.5 Å². The number of aryl methyl sites for hydroxylation is 1. The molecule has 14 heavy (non-hydrogen) atoms. The van der Waals surface area contributed by atoms with Crippen molar-refractivity contribution in [1.29, 1.82) is 0 Å². The lowest BCUT2D eigenvalue weighted by Gasteiger charge is -1.93. The molecule has 0 atom stereocenters. The maximum Gasteiger partial charge on any atom is 0.199 e. The number of aromatic amines is 1. The highest BCUT2D eigenvalue weighted by Crippen LogP contribution is 2.14. The molecule has 72 valence electrons. The minimum Gasteiger partial charge on any atom is -0.263 e. The van der Waals surface area contributed by atoms with Crippen LogP contribution < -0.4 is 0 Å². The van der Waals surface area contributed by atoms with Gasteiger partial charge in [0.25, 0.3) is 0 Å². The van der Waals surface area contributed by atoms with E-state index in [1.54, 1.807) is 6.20 Å². The standard InChI is InChI=1S/C9H9BrN4/c1-2-8-12-9(14-13-8)7-4-3-6(10)5-11-7/h3-5H,2H2,1H3,(H,12,13,14). The van der Waals surface area contributed by atoms with Gasteiger partial charge in [-0.3, -0.25) is 10.1 Å². The smallest absolute Gasteiger partial charge is 0.199 e. The van der Waals surface area contributed by atoms with E-state index in [1.165, 1.54) is 0 Å². The normalized spacial score (nSPS) is 10.4. The number of aromatic nitrogens is 4. The fourth-order valence-corrected chi connectivity index (χ4v) is 1.31. The summed E-state index contributed by atoms with van der Waals surface area (Å²) in [5.74, 6) is 1.53. The molecule has 0 saturated heterocycles. The number of nitrogens with zero attached hydrogens (tertiary/aromatic N) is 3. The molecule has 2 rings (SSSR count). The van der Waals surface area contributed by atoms with Crippen molar-refractivity contribution in [3.05, 3.63) is 28.6 Å². The number of hydrogen-bond donors (Lipinski definition) is 1. The first-order valence-electron chi connectivity index (χ1n) is 4.33. The zero-order valence-electron chi connectivity index (χ0n) is 7.66. The van der Waals surface area contributed by atoms with E-state index >= 15 is 0 Å². The van der Waals surface area contributed by atoms with Crippen LogP contribution in [0.4, 0.5) is 0 Å². The summed E-state index contributed by atoms with van der Waals surface area (Å²) in [6.07, 6.45) is 2.58. The Balaban J connectivity index is 2.34. The first kappa shape index (κ1) is 9.33. The average Bonchev–Trinajstić information content (AvgIpc) is 2.67. The summed E-state index contributed by atoms with van der Waals surface area (Å²) >= 11 is 3.33. The van der Waals surface area contributed by atoms with Gasteiger partial charge in [0.15, 0.2) is 5.82 Å². The van der Waals surface area contributed by atoms with Crippen molar-refractivity contribution in [2.75, 3.05) is 0 Å². The van der Waals surface area contributed by atoms with Gasteiger partial charge in [-0.2, -0.15) is 5.10 Å². The third kappa shape index (κ3) is 1.82. The number of H-pyrrole nitrogens is 1. The van der Waals surface area contributed by atoms with Gasteiger partial charge in [0.2, 0.25) is 0 Å². The zero-order chi connectivity index (χ0) is 9.97. The predicted molar refractivity (Wildman–Crippen MR) is 56.7 cm³/mol. The Morgan fingerprint density at radius 2 is 2.29 bits per heavy atom. The molecule has 0 saturated carbocycles. The van der Waals surface area contributed by atoms with Crippen LogP contribution in [-0.4, -0.2) is 20.2 Å². The molecular formula is C9H9BrN4. The predicted octanol–water partition coefficient (Wildman–Crippen LogP) is 2.19. The van der Waals surface area contributed by atoms with Gasteiger partial charge in [-0.05, 0) is 28.1 Å². The minimum atomic E-state index is 0.648. The molecule has 0 amide bonds. The molecule has 1 N–H and O–H groups in total. The second-order valence-corrected chi connectivity index (χ2v) is 3.74. The summed E-state index contributed by atoms with van der Waals surface area (Å²) in [7, 11) is 0. The first-order valence-corrected chi connectivity index (χ1v) is 5.12. The molecule has 0 radical (unpaired) electrons. The Bertz CT molecular complexity index is 421. The lowest BCUT2D eigenvalue weighted by Crippen LogP contribution is -1.85. The quantitative estimate of drug-likeness (QED) is 0.892. The monoisotopic (exact) mass is 252 g/mol. The van der Waals surface area contributed by atoms with Crippen LogP contribution >= 0.6 is 15.9 Å². The molecule has 2 aromatic rings. The van der Waals surface area contributed by atoms with E-state index in [1.807, 2.05) is 19.1 Å². The summed E-state index contributed by atoms with van der Waals surface area (Å²) in [4.78, 5) is 8.49. The van der Waals surface area contributed by atoms with Gasteiger partial charge >= 0.3 is 0 Å². The van der Waals surface area contributed by atoms with Crippen LogP contribution in [0.3, 0.4) is 0 Å². The van der Waals surface area contributed by atoms with Crippen LogP contribution in [0.15, 0.2) is 22.8 Å². The Hall–Kier alpha value is -1.23. The van der Waals surface area contributed by atoms with E-state index in [0.717, 1.165) is 22.4 Å². The van der Waals surface area contributed by atoms with Crippen LogP contribution in [0.25, 0.3) is 11.5 Å². The second kappa shape index (κ2) is 3.88. The topological polar surface area (TPSA) is 54.5 Å². The highest BCUT2D eigenvalue weighted by Gasteiger charge is 2.05. The molecule has 2 aromatic heterocycles. The molecule has 0 aliphatic heterocycles. The van der Waals surface area contributed by atoms with E-state index in [0.29, 0.717) is 5.82 Å². The summed E-state index contributed by atoms with van der Waals surface area (Å²) in [6.45, 7) is 2.03. The molecule has 4 nitrogen and oxygen atoms in total. The van der Waals surface area contributed by atoms with Crippen LogP contribution in [0.2, 0.25) is 0 Å². The van der Waals surface area contributed by atoms with E-state index in [2.05, 4.69) is 36.1 Å². The van der Waals surface area contributed by atoms with Gasteiger partial charge in [-0.15, -0.1) is 0 Å². The van der Waals surface area contributed by atoms with Gasteiger partial charge in [0.05, 0.1) is 0 Å². The Kier molecular flexibility index (Phi) is 2.58.